The lowest BCUT2D eigenvalue weighted by Crippen LogP contribution is -2.14. The summed E-state index contributed by atoms with van der Waals surface area (Å²) in [4.78, 5) is 17.1. The lowest BCUT2D eigenvalue weighted by atomic mass is 10.1. The van der Waals surface area contributed by atoms with Crippen LogP contribution in [0.15, 0.2) is 54.7 Å². The largest absolute Gasteiger partial charge is 0.494 e. The summed E-state index contributed by atoms with van der Waals surface area (Å²) in [5.41, 5.74) is 1.93. The Morgan fingerprint density at radius 3 is 2.64 bits per heavy atom. The first kappa shape index (κ1) is 16.8. The van der Waals surface area contributed by atoms with Crippen molar-refractivity contribution in [3.63, 3.8) is 0 Å². The molecule has 2 aromatic carbocycles. The van der Waals surface area contributed by atoms with Crippen molar-refractivity contribution < 1.29 is 14.3 Å². The number of ether oxygens (including phenoxy) is 2. The molecule has 0 fully saturated rings. The van der Waals surface area contributed by atoms with Crippen molar-refractivity contribution in [2.75, 3.05) is 18.5 Å². The van der Waals surface area contributed by atoms with Crippen LogP contribution < -0.4 is 14.8 Å². The molecule has 0 atom stereocenters. The highest BCUT2D eigenvalue weighted by Gasteiger charge is 2.14. The topological polar surface area (TPSA) is 60.5 Å². The maximum Gasteiger partial charge on any atom is 0.256 e. The van der Waals surface area contributed by atoms with E-state index in [1.165, 1.54) is 0 Å². The fourth-order valence-electron chi connectivity index (χ4n) is 2.63. The fourth-order valence-corrected chi connectivity index (χ4v) is 2.63. The number of carbonyl (C=O) groups is 1. The number of aromatic nitrogens is 1. The minimum atomic E-state index is -0.215. The summed E-state index contributed by atoms with van der Waals surface area (Å²) >= 11 is 0. The molecular weight excluding hydrogens is 316 g/mol. The molecule has 5 nitrogen and oxygen atoms in total. The number of fused-ring (bicyclic) bond motifs is 1. The van der Waals surface area contributed by atoms with E-state index in [1.54, 1.807) is 24.4 Å². The molecule has 128 valence electrons. The maximum absolute atomic E-state index is 12.8. The van der Waals surface area contributed by atoms with Gasteiger partial charge in [-0.2, -0.15) is 0 Å². The second-order valence-electron chi connectivity index (χ2n) is 5.35. The molecule has 3 rings (SSSR count). The van der Waals surface area contributed by atoms with Gasteiger partial charge >= 0.3 is 0 Å². The van der Waals surface area contributed by atoms with Crippen LogP contribution in [0.2, 0.25) is 0 Å². The molecule has 5 heteroatoms. The first-order valence-electron chi connectivity index (χ1n) is 8.27. The highest BCUT2D eigenvalue weighted by Crippen LogP contribution is 2.30. The van der Waals surface area contributed by atoms with Crippen LogP contribution in [0.4, 0.5) is 5.69 Å². The highest BCUT2D eigenvalue weighted by molar-refractivity contribution is 6.12. The fraction of sp³-hybridized carbons (Fsp3) is 0.200. The number of carbonyl (C=O) groups excluding carboxylic acids is 1. The van der Waals surface area contributed by atoms with Crippen LogP contribution in [-0.2, 0) is 0 Å². The molecule has 0 bridgehead atoms. The van der Waals surface area contributed by atoms with Crippen molar-refractivity contribution >= 4 is 22.5 Å². The van der Waals surface area contributed by atoms with Gasteiger partial charge in [0.2, 0.25) is 0 Å². The van der Waals surface area contributed by atoms with Crippen molar-refractivity contribution in [3.8, 4) is 11.5 Å². The number of amides is 1. The zero-order chi connectivity index (χ0) is 17.6. The Labute approximate surface area is 146 Å². The Balaban J connectivity index is 1.95. The molecule has 1 N–H and O–H groups in total. The summed E-state index contributed by atoms with van der Waals surface area (Å²) < 4.78 is 11.1. The lowest BCUT2D eigenvalue weighted by molar-refractivity contribution is 0.102. The lowest BCUT2D eigenvalue weighted by Gasteiger charge is -2.14. The smallest absolute Gasteiger partial charge is 0.256 e. The summed E-state index contributed by atoms with van der Waals surface area (Å²) in [6.07, 6.45) is 1.64. The predicted molar refractivity (Wildman–Crippen MR) is 98.5 cm³/mol. The van der Waals surface area contributed by atoms with Crippen LogP contribution in [0, 0.1) is 0 Å². The number of para-hydroxylation sites is 1. The number of hydrogen-bond acceptors (Lipinski definition) is 4. The van der Waals surface area contributed by atoms with Gasteiger partial charge in [-0.1, -0.05) is 18.2 Å². The van der Waals surface area contributed by atoms with E-state index in [4.69, 9.17) is 9.47 Å². The molecule has 0 aliphatic carbocycles. The number of nitrogens with zero attached hydrogens (tertiary/aromatic N) is 1. The number of benzene rings is 2. The minimum Gasteiger partial charge on any atom is -0.494 e. The Morgan fingerprint density at radius 2 is 1.84 bits per heavy atom. The first-order valence-corrected chi connectivity index (χ1v) is 8.27. The van der Waals surface area contributed by atoms with Crippen LogP contribution in [0.3, 0.4) is 0 Å². The molecule has 25 heavy (non-hydrogen) atoms. The van der Waals surface area contributed by atoms with Crippen LogP contribution in [0.5, 0.6) is 11.5 Å². The number of rotatable bonds is 6. The summed E-state index contributed by atoms with van der Waals surface area (Å²) in [6, 6.07) is 14.7. The summed E-state index contributed by atoms with van der Waals surface area (Å²) in [5, 5.41) is 3.74. The zero-order valence-corrected chi connectivity index (χ0v) is 14.3. The first-order chi connectivity index (χ1) is 12.2. The number of hydrogen-bond donors (Lipinski definition) is 1. The van der Waals surface area contributed by atoms with Crippen molar-refractivity contribution in [2.45, 2.75) is 13.8 Å². The van der Waals surface area contributed by atoms with Crippen LogP contribution in [-0.4, -0.2) is 24.1 Å². The Hall–Kier alpha value is -3.08. The second-order valence-corrected chi connectivity index (χ2v) is 5.35. The normalized spacial score (nSPS) is 10.5. The number of nitrogens with one attached hydrogen (secondary N) is 1. The zero-order valence-electron chi connectivity index (χ0n) is 14.3. The van der Waals surface area contributed by atoms with Gasteiger partial charge in [0.25, 0.3) is 5.91 Å². The van der Waals surface area contributed by atoms with Crippen molar-refractivity contribution in [2.24, 2.45) is 0 Å². The molecule has 0 saturated heterocycles. The molecule has 0 radical (unpaired) electrons. The van der Waals surface area contributed by atoms with E-state index < -0.39 is 0 Å². The molecular formula is C20H20N2O3. The van der Waals surface area contributed by atoms with Crippen LogP contribution in [0.25, 0.3) is 10.9 Å². The van der Waals surface area contributed by atoms with Crippen molar-refractivity contribution in [1.29, 1.82) is 0 Å². The van der Waals surface area contributed by atoms with Crippen molar-refractivity contribution in [3.05, 3.63) is 60.3 Å². The average molecular weight is 336 g/mol. The third-order valence-corrected chi connectivity index (χ3v) is 3.70. The van der Waals surface area contributed by atoms with Crippen LogP contribution in [0.1, 0.15) is 24.2 Å². The Kier molecular flexibility index (Phi) is 5.14. The molecule has 0 unspecified atom stereocenters. The van der Waals surface area contributed by atoms with Gasteiger partial charge in [0.15, 0.2) is 0 Å². The molecule has 0 spiro atoms. The molecule has 1 heterocycles. The quantitative estimate of drug-likeness (QED) is 0.730. The molecule has 3 aromatic rings. The monoisotopic (exact) mass is 336 g/mol. The molecule has 1 amide bonds. The van der Waals surface area contributed by atoms with E-state index in [0.717, 1.165) is 10.9 Å². The van der Waals surface area contributed by atoms with E-state index in [-0.39, 0.29) is 5.91 Å². The number of anilines is 1. The summed E-state index contributed by atoms with van der Waals surface area (Å²) in [6.45, 7) is 4.88. The van der Waals surface area contributed by atoms with Crippen molar-refractivity contribution in [1.82, 2.24) is 4.98 Å². The van der Waals surface area contributed by atoms with Gasteiger partial charge in [0.05, 0.1) is 30.0 Å². The van der Waals surface area contributed by atoms with E-state index >= 15 is 0 Å². The van der Waals surface area contributed by atoms with Gasteiger partial charge in [-0.15, -0.1) is 0 Å². The third kappa shape index (κ3) is 3.71. The third-order valence-electron chi connectivity index (χ3n) is 3.70. The Bertz CT molecular complexity index is 888. The van der Waals surface area contributed by atoms with E-state index in [2.05, 4.69) is 10.3 Å². The molecule has 0 aliphatic heterocycles. The van der Waals surface area contributed by atoms with E-state index in [0.29, 0.717) is 36.0 Å². The van der Waals surface area contributed by atoms with Gasteiger partial charge in [0, 0.05) is 17.6 Å². The van der Waals surface area contributed by atoms with Gasteiger partial charge in [-0.25, -0.2) is 0 Å². The number of pyridine rings is 1. The Morgan fingerprint density at radius 1 is 1.04 bits per heavy atom. The van der Waals surface area contributed by atoms with Gasteiger partial charge in [-0.05, 0) is 38.1 Å². The molecule has 0 saturated carbocycles. The van der Waals surface area contributed by atoms with Gasteiger partial charge in [-0.3, -0.25) is 9.78 Å². The molecule has 0 aliphatic rings. The minimum absolute atomic E-state index is 0.215. The van der Waals surface area contributed by atoms with E-state index in [1.807, 2.05) is 44.2 Å². The molecule has 1 aromatic heterocycles. The summed E-state index contributed by atoms with van der Waals surface area (Å²) in [5.74, 6) is 1.08. The summed E-state index contributed by atoms with van der Waals surface area (Å²) in [7, 11) is 0. The highest BCUT2D eigenvalue weighted by atomic mass is 16.5. The van der Waals surface area contributed by atoms with Crippen LogP contribution >= 0.6 is 0 Å². The predicted octanol–water partition coefficient (Wildman–Crippen LogP) is 4.28. The SMILES string of the molecule is CCOc1ccc(OCC)c(NC(=O)c2ccnc3ccccc23)c1. The second kappa shape index (κ2) is 7.66. The maximum atomic E-state index is 12.8. The average Bonchev–Trinajstić information content (AvgIpc) is 2.63. The standard InChI is InChI=1S/C20H20N2O3/c1-3-24-14-9-10-19(25-4-2)18(13-14)22-20(23)16-11-12-21-17-8-6-5-7-15(16)17/h5-13H,3-4H2,1-2H3,(H,22,23). The van der Waals surface area contributed by atoms with E-state index in [9.17, 15) is 4.79 Å². The van der Waals surface area contributed by atoms with Gasteiger partial charge < -0.3 is 14.8 Å². The van der Waals surface area contributed by atoms with Gasteiger partial charge in [0.1, 0.15) is 11.5 Å².